The Morgan fingerprint density at radius 1 is 1.48 bits per heavy atom. The van der Waals surface area contributed by atoms with Gasteiger partial charge in [0, 0.05) is 24.7 Å². The molecule has 1 aromatic rings. The molecule has 0 unspecified atom stereocenters. The average Bonchev–Trinajstić information content (AvgIpc) is 2.54. The number of nitrogens with zero attached hydrogens (tertiary/aromatic N) is 2. The van der Waals surface area contributed by atoms with Crippen molar-refractivity contribution in [2.75, 3.05) is 40.3 Å². The summed E-state index contributed by atoms with van der Waals surface area (Å²) >= 11 is 5.91. The lowest BCUT2D eigenvalue weighted by molar-refractivity contribution is 0.169. The number of halogens is 1. The summed E-state index contributed by atoms with van der Waals surface area (Å²) in [4.78, 5) is 16.1. The molecular weight excluding hydrogens is 314 g/mol. The van der Waals surface area contributed by atoms with Crippen molar-refractivity contribution in [3.05, 3.63) is 29.3 Å². The zero-order valence-corrected chi connectivity index (χ0v) is 14.7. The van der Waals surface area contributed by atoms with Crippen LogP contribution in [0.3, 0.4) is 0 Å². The highest BCUT2D eigenvalue weighted by atomic mass is 35.5. The number of hydrogen-bond donors (Lipinski definition) is 1. The molecule has 1 N–H and O–H groups in total. The van der Waals surface area contributed by atoms with Crippen LogP contribution < -0.4 is 10.1 Å². The lowest BCUT2D eigenvalue weighted by Crippen LogP contribution is -2.47. The Hall–Kier alpha value is -1.46. The Bertz CT molecular complexity index is 512. The number of likely N-dealkylation sites (tertiary alicyclic amines) is 1. The first kappa shape index (κ1) is 17.9. The lowest BCUT2D eigenvalue weighted by Gasteiger charge is -2.33. The van der Waals surface area contributed by atoms with Crippen LogP contribution in [-0.4, -0.2) is 62.2 Å². The van der Waals surface area contributed by atoms with Gasteiger partial charge in [-0.05, 0) is 44.6 Å². The van der Waals surface area contributed by atoms with Crippen molar-refractivity contribution in [2.24, 2.45) is 0 Å². The van der Waals surface area contributed by atoms with E-state index >= 15 is 0 Å². The number of nitrogens with one attached hydrogen (secondary N) is 1. The SMILES string of the molecule is CN(CCOc1cccc(Cl)c1)C(=O)NC[C@@H]1CCCCN1C. The number of rotatable bonds is 6. The Labute approximate surface area is 143 Å². The molecular formula is C17H26ClN3O2. The third kappa shape index (κ3) is 5.92. The van der Waals surface area contributed by atoms with Crippen LogP contribution >= 0.6 is 11.6 Å². The van der Waals surface area contributed by atoms with E-state index in [0.29, 0.717) is 30.8 Å². The van der Waals surface area contributed by atoms with E-state index in [1.165, 1.54) is 12.8 Å². The molecule has 23 heavy (non-hydrogen) atoms. The number of likely N-dealkylation sites (N-methyl/N-ethyl adjacent to an activating group) is 2. The van der Waals surface area contributed by atoms with Crippen molar-refractivity contribution in [1.82, 2.24) is 15.1 Å². The summed E-state index contributed by atoms with van der Waals surface area (Å²) in [7, 11) is 3.90. The summed E-state index contributed by atoms with van der Waals surface area (Å²) < 4.78 is 5.60. The molecule has 0 bridgehead atoms. The number of carbonyl (C=O) groups is 1. The largest absolute Gasteiger partial charge is 0.492 e. The third-order valence-corrected chi connectivity index (χ3v) is 4.48. The second kappa shape index (κ2) is 8.99. The lowest BCUT2D eigenvalue weighted by atomic mass is 10.0. The van der Waals surface area contributed by atoms with Gasteiger partial charge >= 0.3 is 6.03 Å². The number of ether oxygens (including phenoxy) is 1. The molecule has 1 aliphatic rings. The first-order valence-electron chi connectivity index (χ1n) is 8.14. The minimum atomic E-state index is -0.0568. The van der Waals surface area contributed by atoms with Crippen molar-refractivity contribution < 1.29 is 9.53 Å². The fraction of sp³-hybridized carbons (Fsp3) is 0.588. The molecule has 1 saturated heterocycles. The first-order valence-corrected chi connectivity index (χ1v) is 8.51. The van der Waals surface area contributed by atoms with E-state index in [4.69, 9.17) is 16.3 Å². The van der Waals surface area contributed by atoms with E-state index in [9.17, 15) is 4.79 Å². The standard InChI is InChI=1S/C17H26ClN3O2/c1-20-9-4-3-7-15(20)13-19-17(22)21(2)10-11-23-16-8-5-6-14(18)12-16/h5-6,8,12,15H,3-4,7,9-11,13H2,1-2H3,(H,19,22)/t15-/m0/s1. The van der Waals surface area contributed by atoms with Crippen LogP contribution in [0.2, 0.25) is 5.02 Å². The van der Waals surface area contributed by atoms with Crippen LogP contribution in [0.4, 0.5) is 4.79 Å². The van der Waals surface area contributed by atoms with Gasteiger partial charge in [0.15, 0.2) is 0 Å². The Balaban J connectivity index is 1.66. The fourth-order valence-corrected chi connectivity index (χ4v) is 2.88. The number of piperidine rings is 1. The van der Waals surface area contributed by atoms with Crippen molar-refractivity contribution in [3.63, 3.8) is 0 Å². The highest BCUT2D eigenvalue weighted by Gasteiger charge is 2.19. The fourth-order valence-electron chi connectivity index (χ4n) is 2.70. The van der Waals surface area contributed by atoms with Crippen molar-refractivity contribution in [3.8, 4) is 5.75 Å². The Morgan fingerprint density at radius 3 is 3.04 bits per heavy atom. The van der Waals surface area contributed by atoms with E-state index in [1.54, 1.807) is 24.1 Å². The van der Waals surface area contributed by atoms with Gasteiger partial charge < -0.3 is 19.9 Å². The molecule has 0 radical (unpaired) electrons. The van der Waals surface area contributed by atoms with Gasteiger partial charge in [-0.25, -0.2) is 4.79 Å². The van der Waals surface area contributed by atoms with Crippen molar-refractivity contribution in [2.45, 2.75) is 25.3 Å². The molecule has 6 heteroatoms. The number of amides is 2. The zero-order chi connectivity index (χ0) is 16.7. The second-order valence-corrected chi connectivity index (χ2v) is 6.48. The third-order valence-electron chi connectivity index (χ3n) is 4.25. The summed E-state index contributed by atoms with van der Waals surface area (Å²) in [5, 5.41) is 3.65. The highest BCUT2D eigenvalue weighted by molar-refractivity contribution is 6.30. The number of benzene rings is 1. The molecule has 1 atom stereocenters. The summed E-state index contributed by atoms with van der Waals surface area (Å²) in [6, 6.07) is 7.65. The van der Waals surface area contributed by atoms with Gasteiger partial charge in [0.25, 0.3) is 0 Å². The van der Waals surface area contributed by atoms with Crippen LogP contribution in [0.25, 0.3) is 0 Å². The molecule has 1 fully saturated rings. The van der Waals surface area contributed by atoms with Crippen LogP contribution in [0, 0.1) is 0 Å². The summed E-state index contributed by atoms with van der Waals surface area (Å²) in [6.45, 7) is 2.78. The molecule has 0 spiro atoms. The van der Waals surface area contributed by atoms with Crippen LogP contribution in [0.5, 0.6) is 5.75 Å². The predicted octanol–water partition coefficient (Wildman–Crippen LogP) is 2.84. The van der Waals surface area contributed by atoms with Crippen LogP contribution in [0.1, 0.15) is 19.3 Å². The van der Waals surface area contributed by atoms with Gasteiger partial charge in [-0.15, -0.1) is 0 Å². The summed E-state index contributed by atoms with van der Waals surface area (Å²) in [6.07, 6.45) is 3.65. The van der Waals surface area contributed by atoms with Gasteiger partial charge in [0.2, 0.25) is 0 Å². The average molecular weight is 340 g/mol. The molecule has 2 rings (SSSR count). The molecule has 0 aromatic heterocycles. The molecule has 0 aliphatic carbocycles. The van der Waals surface area contributed by atoms with Crippen LogP contribution in [-0.2, 0) is 0 Å². The molecule has 2 amide bonds. The van der Waals surface area contributed by atoms with E-state index in [0.717, 1.165) is 18.7 Å². The summed E-state index contributed by atoms with van der Waals surface area (Å²) in [5.74, 6) is 0.718. The topological polar surface area (TPSA) is 44.8 Å². The van der Waals surface area contributed by atoms with Crippen molar-refractivity contribution in [1.29, 1.82) is 0 Å². The van der Waals surface area contributed by atoms with E-state index in [-0.39, 0.29) is 6.03 Å². The highest BCUT2D eigenvalue weighted by Crippen LogP contribution is 2.17. The molecule has 1 aromatic carbocycles. The minimum Gasteiger partial charge on any atom is -0.492 e. The van der Waals surface area contributed by atoms with Gasteiger partial charge in [-0.3, -0.25) is 0 Å². The normalized spacial score (nSPS) is 18.5. The van der Waals surface area contributed by atoms with E-state index in [1.807, 2.05) is 12.1 Å². The van der Waals surface area contributed by atoms with E-state index < -0.39 is 0 Å². The second-order valence-electron chi connectivity index (χ2n) is 6.04. The molecule has 128 valence electrons. The van der Waals surface area contributed by atoms with Crippen molar-refractivity contribution >= 4 is 17.6 Å². The Morgan fingerprint density at radius 2 is 2.30 bits per heavy atom. The number of hydrogen-bond acceptors (Lipinski definition) is 3. The van der Waals surface area contributed by atoms with E-state index in [2.05, 4.69) is 17.3 Å². The number of carbonyl (C=O) groups excluding carboxylic acids is 1. The smallest absolute Gasteiger partial charge is 0.317 e. The molecule has 0 saturated carbocycles. The minimum absolute atomic E-state index is 0.0568. The maximum Gasteiger partial charge on any atom is 0.317 e. The molecule has 1 heterocycles. The Kier molecular flexibility index (Phi) is 6.99. The quantitative estimate of drug-likeness (QED) is 0.866. The van der Waals surface area contributed by atoms with Gasteiger partial charge in [-0.2, -0.15) is 0 Å². The maximum absolute atomic E-state index is 12.1. The van der Waals surface area contributed by atoms with Gasteiger partial charge in [0.05, 0.1) is 6.54 Å². The zero-order valence-electron chi connectivity index (χ0n) is 13.9. The molecule has 1 aliphatic heterocycles. The summed E-state index contributed by atoms with van der Waals surface area (Å²) in [5.41, 5.74) is 0. The van der Waals surface area contributed by atoms with Gasteiger partial charge in [0.1, 0.15) is 12.4 Å². The maximum atomic E-state index is 12.1. The van der Waals surface area contributed by atoms with Gasteiger partial charge in [-0.1, -0.05) is 24.1 Å². The first-order chi connectivity index (χ1) is 11.1. The molecule has 5 nitrogen and oxygen atoms in total. The van der Waals surface area contributed by atoms with Crippen LogP contribution in [0.15, 0.2) is 24.3 Å². The predicted molar refractivity (Wildman–Crippen MR) is 93.2 cm³/mol. The number of urea groups is 1. The monoisotopic (exact) mass is 339 g/mol.